The molecule has 1 aliphatic rings. The maximum atomic E-state index is 14.1. The average molecular weight is 345 g/mol. The fourth-order valence-electron chi connectivity index (χ4n) is 2.44. The molecule has 2 aromatic rings. The van der Waals surface area contributed by atoms with Crippen LogP contribution < -0.4 is 4.90 Å². The minimum Gasteiger partial charge on any atom is -0.356 e. The Morgan fingerprint density at radius 3 is 2.63 bits per heavy atom. The van der Waals surface area contributed by atoms with Gasteiger partial charge in [0.1, 0.15) is 11.3 Å². The van der Waals surface area contributed by atoms with Gasteiger partial charge in [0.25, 0.3) is 0 Å². The lowest BCUT2D eigenvalue weighted by molar-refractivity contribution is 0.574. The van der Waals surface area contributed by atoms with E-state index in [-0.39, 0.29) is 16.6 Å². The van der Waals surface area contributed by atoms with Crippen molar-refractivity contribution in [2.45, 2.75) is 19.3 Å². The molecule has 3 nitrogen and oxygen atoms in total. The number of fused-ring (bicyclic) bond motifs is 1. The first-order chi connectivity index (χ1) is 9.16. The molecule has 0 amide bonds. The molecule has 0 atom stereocenters. The average Bonchev–Trinajstić information content (AvgIpc) is 2.44. The van der Waals surface area contributed by atoms with E-state index in [0.717, 1.165) is 31.7 Å². The third kappa shape index (κ3) is 2.41. The van der Waals surface area contributed by atoms with Crippen LogP contribution in [0.3, 0.4) is 0 Å². The molecule has 0 aliphatic carbocycles. The maximum Gasteiger partial charge on any atom is 0.225 e. The van der Waals surface area contributed by atoms with Crippen molar-refractivity contribution in [3.05, 3.63) is 27.7 Å². The molecule has 0 N–H and O–H groups in total. The Morgan fingerprint density at radius 1 is 1.16 bits per heavy atom. The molecule has 0 radical (unpaired) electrons. The van der Waals surface area contributed by atoms with Crippen LogP contribution in [-0.4, -0.2) is 23.1 Å². The van der Waals surface area contributed by atoms with Crippen LogP contribution in [0.2, 0.25) is 5.28 Å². The Labute approximate surface area is 123 Å². The van der Waals surface area contributed by atoms with E-state index in [9.17, 15) is 4.39 Å². The smallest absolute Gasteiger partial charge is 0.225 e. The molecule has 1 saturated heterocycles. The SMILES string of the molecule is Fc1c(Br)ccc2c(N3CCCCC3)nc(Cl)nc12. The summed E-state index contributed by atoms with van der Waals surface area (Å²) in [5.41, 5.74) is 0.273. The van der Waals surface area contributed by atoms with Crippen molar-refractivity contribution >= 4 is 44.3 Å². The fraction of sp³-hybridized carbons (Fsp3) is 0.385. The molecule has 0 saturated carbocycles. The number of aromatic nitrogens is 2. The molecular formula is C13H12BrClFN3. The van der Waals surface area contributed by atoms with Gasteiger partial charge >= 0.3 is 0 Å². The number of piperidine rings is 1. The molecule has 1 aliphatic heterocycles. The molecule has 3 rings (SSSR count). The number of hydrogen-bond acceptors (Lipinski definition) is 3. The maximum absolute atomic E-state index is 14.1. The molecule has 1 fully saturated rings. The van der Waals surface area contributed by atoms with Crippen molar-refractivity contribution in [3.8, 4) is 0 Å². The molecule has 0 unspecified atom stereocenters. The lowest BCUT2D eigenvalue weighted by Crippen LogP contribution is -2.30. The van der Waals surface area contributed by atoms with Crippen molar-refractivity contribution < 1.29 is 4.39 Å². The normalized spacial score (nSPS) is 16.1. The van der Waals surface area contributed by atoms with Crippen molar-refractivity contribution in [1.82, 2.24) is 9.97 Å². The Bertz CT molecular complexity index is 629. The van der Waals surface area contributed by atoms with Crippen LogP contribution in [0, 0.1) is 5.82 Å². The molecule has 19 heavy (non-hydrogen) atoms. The van der Waals surface area contributed by atoms with E-state index in [1.54, 1.807) is 6.07 Å². The first kappa shape index (κ1) is 13.1. The van der Waals surface area contributed by atoms with Crippen molar-refractivity contribution in [3.63, 3.8) is 0 Å². The van der Waals surface area contributed by atoms with Crippen molar-refractivity contribution in [2.75, 3.05) is 18.0 Å². The third-order valence-electron chi connectivity index (χ3n) is 3.37. The summed E-state index contributed by atoms with van der Waals surface area (Å²) >= 11 is 9.11. The molecule has 100 valence electrons. The summed E-state index contributed by atoms with van der Waals surface area (Å²) in [6.07, 6.45) is 3.48. The van der Waals surface area contributed by atoms with Gasteiger partial charge in [0.05, 0.1) is 4.47 Å². The highest BCUT2D eigenvalue weighted by Crippen LogP contribution is 2.31. The van der Waals surface area contributed by atoms with Crippen LogP contribution in [0.5, 0.6) is 0 Å². The second kappa shape index (κ2) is 5.21. The Hall–Kier alpha value is -0.940. The van der Waals surface area contributed by atoms with Gasteiger partial charge in [-0.05, 0) is 58.9 Å². The number of nitrogens with zero attached hydrogens (tertiary/aromatic N) is 3. The van der Waals surface area contributed by atoms with Gasteiger partial charge in [0, 0.05) is 18.5 Å². The van der Waals surface area contributed by atoms with E-state index in [1.807, 2.05) is 6.07 Å². The van der Waals surface area contributed by atoms with E-state index >= 15 is 0 Å². The van der Waals surface area contributed by atoms with Gasteiger partial charge in [0.2, 0.25) is 5.28 Å². The summed E-state index contributed by atoms with van der Waals surface area (Å²) in [7, 11) is 0. The van der Waals surface area contributed by atoms with Crippen molar-refractivity contribution in [2.24, 2.45) is 0 Å². The monoisotopic (exact) mass is 343 g/mol. The molecular weight excluding hydrogens is 333 g/mol. The fourth-order valence-corrected chi connectivity index (χ4v) is 2.93. The minimum absolute atomic E-state index is 0.0880. The first-order valence-corrected chi connectivity index (χ1v) is 7.40. The zero-order chi connectivity index (χ0) is 13.4. The van der Waals surface area contributed by atoms with E-state index in [1.165, 1.54) is 6.42 Å². The van der Waals surface area contributed by atoms with Crippen LogP contribution >= 0.6 is 27.5 Å². The number of halogens is 3. The number of benzene rings is 1. The Balaban J connectivity index is 2.20. The highest BCUT2D eigenvalue weighted by molar-refractivity contribution is 9.10. The summed E-state index contributed by atoms with van der Waals surface area (Å²) in [5.74, 6) is 0.348. The van der Waals surface area contributed by atoms with Gasteiger partial charge in [-0.1, -0.05) is 0 Å². The van der Waals surface area contributed by atoms with Crippen LogP contribution in [-0.2, 0) is 0 Å². The van der Waals surface area contributed by atoms with Gasteiger partial charge in [0.15, 0.2) is 5.82 Å². The minimum atomic E-state index is -0.389. The zero-order valence-corrected chi connectivity index (χ0v) is 12.5. The summed E-state index contributed by atoms with van der Waals surface area (Å²) < 4.78 is 14.5. The van der Waals surface area contributed by atoms with Crippen LogP contribution in [0.25, 0.3) is 10.9 Å². The lowest BCUT2D eigenvalue weighted by Gasteiger charge is -2.28. The molecule has 2 heterocycles. The van der Waals surface area contributed by atoms with Crippen LogP contribution in [0.4, 0.5) is 10.2 Å². The lowest BCUT2D eigenvalue weighted by atomic mass is 10.1. The highest BCUT2D eigenvalue weighted by Gasteiger charge is 2.19. The van der Waals surface area contributed by atoms with E-state index in [0.29, 0.717) is 9.86 Å². The predicted molar refractivity (Wildman–Crippen MR) is 78.3 cm³/mol. The van der Waals surface area contributed by atoms with Crippen LogP contribution in [0.15, 0.2) is 16.6 Å². The topological polar surface area (TPSA) is 29.0 Å². The number of anilines is 1. The summed E-state index contributed by atoms with van der Waals surface area (Å²) in [5, 5.41) is 0.803. The zero-order valence-electron chi connectivity index (χ0n) is 10.2. The Morgan fingerprint density at radius 2 is 1.89 bits per heavy atom. The number of rotatable bonds is 1. The van der Waals surface area contributed by atoms with E-state index < -0.39 is 0 Å². The first-order valence-electron chi connectivity index (χ1n) is 6.23. The summed E-state index contributed by atoms with van der Waals surface area (Å²) in [6, 6.07) is 3.52. The second-order valence-electron chi connectivity index (χ2n) is 4.62. The quantitative estimate of drug-likeness (QED) is 0.727. The molecule has 0 spiro atoms. The largest absolute Gasteiger partial charge is 0.356 e. The Kier molecular flexibility index (Phi) is 3.58. The molecule has 1 aromatic heterocycles. The highest BCUT2D eigenvalue weighted by atomic mass is 79.9. The van der Waals surface area contributed by atoms with Crippen molar-refractivity contribution in [1.29, 1.82) is 0 Å². The van der Waals surface area contributed by atoms with E-state index in [4.69, 9.17) is 11.6 Å². The van der Waals surface area contributed by atoms with Crippen LogP contribution in [0.1, 0.15) is 19.3 Å². The van der Waals surface area contributed by atoms with Gasteiger partial charge in [-0.25, -0.2) is 9.37 Å². The van der Waals surface area contributed by atoms with Gasteiger partial charge in [-0.3, -0.25) is 0 Å². The third-order valence-corrected chi connectivity index (χ3v) is 4.15. The van der Waals surface area contributed by atoms with Gasteiger partial charge < -0.3 is 4.90 Å². The van der Waals surface area contributed by atoms with Gasteiger partial charge in [-0.2, -0.15) is 4.98 Å². The van der Waals surface area contributed by atoms with E-state index in [2.05, 4.69) is 30.8 Å². The number of hydrogen-bond donors (Lipinski definition) is 0. The molecule has 1 aromatic carbocycles. The summed E-state index contributed by atoms with van der Waals surface area (Å²) in [4.78, 5) is 10.5. The summed E-state index contributed by atoms with van der Waals surface area (Å²) in [6.45, 7) is 1.86. The molecule has 0 bridgehead atoms. The predicted octanol–water partition coefficient (Wildman–Crippen LogP) is 4.18. The molecule has 6 heteroatoms. The standard InChI is InChI=1S/C13H12BrClFN3/c14-9-5-4-8-11(10(9)16)17-13(15)18-12(8)19-6-2-1-3-7-19/h4-5H,1-3,6-7H2. The van der Waals surface area contributed by atoms with Gasteiger partial charge in [-0.15, -0.1) is 0 Å². The second-order valence-corrected chi connectivity index (χ2v) is 5.81.